The lowest BCUT2D eigenvalue weighted by molar-refractivity contribution is 0.0762. The van der Waals surface area contributed by atoms with Crippen molar-refractivity contribution in [3.8, 4) is 23.0 Å². The average molecular weight is 371 g/mol. The molecule has 6 heteroatoms. The minimum absolute atomic E-state index is 0.162. The lowest BCUT2D eigenvalue weighted by Gasteiger charge is -2.22. The highest BCUT2D eigenvalue weighted by molar-refractivity contribution is 5.95. The van der Waals surface area contributed by atoms with Crippen LogP contribution in [0.1, 0.15) is 15.9 Å². The van der Waals surface area contributed by atoms with E-state index in [-0.39, 0.29) is 5.91 Å². The zero-order valence-corrected chi connectivity index (χ0v) is 16.2. The van der Waals surface area contributed by atoms with E-state index in [1.807, 2.05) is 24.3 Å². The molecule has 0 aliphatic rings. The highest BCUT2D eigenvalue weighted by atomic mass is 16.5. The van der Waals surface area contributed by atoms with E-state index in [0.29, 0.717) is 35.9 Å². The second-order valence-corrected chi connectivity index (χ2v) is 5.74. The van der Waals surface area contributed by atoms with E-state index in [2.05, 4.69) is 6.58 Å². The first-order valence-corrected chi connectivity index (χ1v) is 8.41. The molecule has 1 amide bonds. The van der Waals surface area contributed by atoms with Crippen molar-refractivity contribution in [3.05, 3.63) is 60.2 Å². The molecule has 0 atom stereocenters. The van der Waals surface area contributed by atoms with E-state index in [1.165, 1.54) is 21.3 Å². The highest BCUT2D eigenvalue weighted by Gasteiger charge is 2.21. The number of benzene rings is 2. The number of ether oxygens (including phenoxy) is 4. The normalized spacial score (nSPS) is 10.1. The first-order chi connectivity index (χ1) is 13.1. The smallest absolute Gasteiger partial charge is 0.254 e. The Kier molecular flexibility index (Phi) is 7.11. The molecule has 2 rings (SSSR count). The maximum Gasteiger partial charge on any atom is 0.254 e. The largest absolute Gasteiger partial charge is 0.497 e. The molecule has 0 bridgehead atoms. The molecule has 0 aliphatic carbocycles. The molecule has 0 saturated heterocycles. The van der Waals surface area contributed by atoms with Crippen LogP contribution in [0.5, 0.6) is 23.0 Å². The van der Waals surface area contributed by atoms with Crippen molar-refractivity contribution in [2.75, 3.05) is 35.0 Å². The summed E-state index contributed by atoms with van der Waals surface area (Å²) in [7, 11) is 6.18. The fraction of sp³-hybridized carbons (Fsp3) is 0.286. The van der Waals surface area contributed by atoms with Gasteiger partial charge in [0.05, 0.1) is 28.4 Å². The van der Waals surface area contributed by atoms with Crippen LogP contribution in [0.2, 0.25) is 0 Å². The van der Waals surface area contributed by atoms with Gasteiger partial charge in [0.15, 0.2) is 11.5 Å². The summed E-state index contributed by atoms with van der Waals surface area (Å²) in [6.45, 7) is 4.60. The maximum atomic E-state index is 13.1. The van der Waals surface area contributed by atoms with E-state index in [4.69, 9.17) is 18.9 Å². The molecule has 0 saturated carbocycles. The zero-order chi connectivity index (χ0) is 19.8. The van der Waals surface area contributed by atoms with Gasteiger partial charge in [-0.05, 0) is 29.8 Å². The van der Waals surface area contributed by atoms with Gasteiger partial charge in [0.2, 0.25) is 5.75 Å². The second-order valence-electron chi connectivity index (χ2n) is 5.74. The van der Waals surface area contributed by atoms with Crippen LogP contribution in [0.4, 0.5) is 0 Å². The number of nitrogens with zero attached hydrogens (tertiary/aromatic N) is 1. The van der Waals surface area contributed by atoms with Crippen LogP contribution < -0.4 is 18.9 Å². The number of carbonyl (C=O) groups excluding carboxylic acids is 1. The Balaban J connectivity index is 2.33. The molecule has 2 aromatic rings. The summed E-state index contributed by atoms with van der Waals surface area (Å²) < 4.78 is 21.2. The Morgan fingerprint density at radius 1 is 0.963 bits per heavy atom. The lowest BCUT2D eigenvalue weighted by Crippen LogP contribution is -2.30. The number of rotatable bonds is 9. The molecule has 144 valence electrons. The van der Waals surface area contributed by atoms with Gasteiger partial charge in [0.25, 0.3) is 5.91 Å². The molecule has 0 heterocycles. The van der Waals surface area contributed by atoms with Crippen molar-refractivity contribution in [3.63, 3.8) is 0 Å². The molecular formula is C21H25NO5. The van der Waals surface area contributed by atoms with Crippen molar-refractivity contribution in [1.29, 1.82) is 0 Å². The summed E-state index contributed by atoms with van der Waals surface area (Å²) in [4.78, 5) is 14.8. The minimum atomic E-state index is -0.162. The summed E-state index contributed by atoms with van der Waals surface area (Å²) in [6.07, 6.45) is 1.69. The monoisotopic (exact) mass is 371 g/mol. The van der Waals surface area contributed by atoms with Gasteiger partial charge < -0.3 is 23.8 Å². The molecule has 0 aliphatic heterocycles. The van der Waals surface area contributed by atoms with Gasteiger partial charge in [-0.3, -0.25) is 4.79 Å². The third-order valence-electron chi connectivity index (χ3n) is 4.08. The Morgan fingerprint density at radius 3 is 2.00 bits per heavy atom. The minimum Gasteiger partial charge on any atom is -0.497 e. The summed E-state index contributed by atoms with van der Waals surface area (Å²) in [5, 5.41) is 0. The van der Waals surface area contributed by atoms with Crippen molar-refractivity contribution in [2.45, 2.75) is 6.54 Å². The molecule has 0 unspecified atom stereocenters. The average Bonchev–Trinajstić information content (AvgIpc) is 2.72. The van der Waals surface area contributed by atoms with Crippen molar-refractivity contribution < 1.29 is 23.7 Å². The quantitative estimate of drug-likeness (QED) is 0.631. The van der Waals surface area contributed by atoms with Gasteiger partial charge in [-0.2, -0.15) is 0 Å². The molecule has 0 aromatic heterocycles. The molecule has 0 fully saturated rings. The van der Waals surface area contributed by atoms with Gasteiger partial charge >= 0.3 is 0 Å². The fourth-order valence-corrected chi connectivity index (χ4v) is 2.71. The first kappa shape index (κ1) is 20.2. The van der Waals surface area contributed by atoms with Gasteiger partial charge in [0, 0.05) is 18.7 Å². The summed E-state index contributed by atoms with van der Waals surface area (Å²) in [5.74, 6) is 1.92. The summed E-state index contributed by atoms with van der Waals surface area (Å²) in [5.41, 5.74) is 1.43. The summed E-state index contributed by atoms with van der Waals surface area (Å²) >= 11 is 0. The fourth-order valence-electron chi connectivity index (χ4n) is 2.71. The van der Waals surface area contributed by atoms with Crippen molar-refractivity contribution >= 4 is 5.91 Å². The van der Waals surface area contributed by atoms with Crippen LogP contribution in [0.3, 0.4) is 0 Å². The summed E-state index contributed by atoms with van der Waals surface area (Å²) in [6, 6.07) is 10.9. The molecule has 0 N–H and O–H groups in total. The molecule has 0 spiro atoms. The molecule has 27 heavy (non-hydrogen) atoms. The number of hydrogen-bond acceptors (Lipinski definition) is 5. The van der Waals surface area contributed by atoms with Crippen LogP contribution >= 0.6 is 0 Å². The van der Waals surface area contributed by atoms with E-state index in [0.717, 1.165) is 11.3 Å². The second kappa shape index (κ2) is 9.52. The Labute approximate surface area is 159 Å². The SMILES string of the molecule is C=CCN(Cc1ccc(OC)cc1)C(=O)c1cc(OC)c(OC)c(OC)c1. The number of amides is 1. The molecule has 0 radical (unpaired) electrons. The van der Waals surface area contributed by atoms with Gasteiger partial charge in [0.1, 0.15) is 5.75 Å². The lowest BCUT2D eigenvalue weighted by atomic mass is 10.1. The van der Waals surface area contributed by atoms with Crippen LogP contribution in [-0.4, -0.2) is 45.8 Å². The molecular weight excluding hydrogens is 346 g/mol. The Bertz CT molecular complexity index is 761. The van der Waals surface area contributed by atoms with Crippen LogP contribution in [0.25, 0.3) is 0 Å². The Morgan fingerprint density at radius 2 is 1.56 bits per heavy atom. The van der Waals surface area contributed by atoms with Gasteiger partial charge in [-0.15, -0.1) is 6.58 Å². The van der Waals surface area contributed by atoms with Crippen molar-refractivity contribution in [2.24, 2.45) is 0 Å². The standard InChI is InChI=1S/C21H25NO5/c1-6-11-22(14-15-7-9-17(24-2)10-8-15)21(23)16-12-18(25-3)20(27-5)19(13-16)26-4/h6-10,12-13H,1,11,14H2,2-5H3. The van der Waals surface area contributed by atoms with Crippen LogP contribution in [0, 0.1) is 0 Å². The van der Waals surface area contributed by atoms with E-state index < -0.39 is 0 Å². The molecule has 6 nitrogen and oxygen atoms in total. The number of methoxy groups -OCH3 is 4. The number of carbonyl (C=O) groups is 1. The van der Waals surface area contributed by atoms with Gasteiger partial charge in [-0.1, -0.05) is 18.2 Å². The van der Waals surface area contributed by atoms with Crippen LogP contribution in [-0.2, 0) is 6.54 Å². The maximum absolute atomic E-state index is 13.1. The van der Waals surface area contributed by atoms with Crippen molar-refractivity contribution in [1.82, 2.24) is 4.90 Å². The predicted octanol–water partition coefficient (Wildman–Crippen LogP) is 3.55. The highest BCUT2D eigenvalue weighted by Crippen LogP contribution is 2.38. The zero-order valence-electron chi connectivity index (χ0n) is 16.2. The number of hydrogen-bond donors (Lipinski definition) is 0. The van der Waals surface area contributed by atoms with Gasteiger partial charge in [-0.25, -0.2) is 0 Å². The van der Waals surface area contributed by atoms with E-state index >= 15 is 0 Å². The van der Waals surface area contributed by atoms with E-state index in [1.54, 1.807) is 30.2 Å². The topological polar surface area (TPSA) is 57.2 Å². The van der Waals surface area contributed by atoms with Crippen LogP contribution in [0.15, 0.2) is 49.1 Å². The van der Waals surface area contributed by atoms with E-state index in [9.17, 15) is 4.79 Å². The Hall–Kier alpha value is -3.15. The first-order valence-electron chi connectivity index (χ1n) is 8.41. The predicted molar refractivity (Wildman–Crippen MR) is 104 cm³/mol. The third-order valence-corrected chi connectivity index (χ3v) is 4.08. The third kappa shape index (κ3) is 4.73. The molecule has 2 aromatic carbocycles.